The lowest BCUT2D eigenvalue weighted by molar-refractivity contribution is -0.143. The van der Waals surface area contributed by atoms with Crippen LogP contribution in [0.4, 0.5) is 0 Å². The standard InChI is InChI=1S/C10H20N2O2S/c1-9(10(13)14)12-5-3-11(4-6-12)7-8-15-2/h9H,3-8H2,1-2H3,(H,13,14). The minimum absolute atomic E-state index is 0.340. The summed E-state index contributed by atoms with van der Waals surface area (Å²) in [6.07, 6.45) is 2.11. The summed E-state index contributed by atoms with van der Waals surface area (Å²) in [6, 6.07) is -0.340. The lowest BCUT2D eigenvalue weighted by Gasteiger charge is -2.36. The van der Waals surface area contributed by atoms with Crippen LogP contribution in [-0.4, -0.2) is 71.6 Å². The Kier molecular flexibility index (Phi) is 5.42. The Balaban J connectivity index is 2.26. The number of aliphatic carboxylic acids is 1. The first kappa shape index (κ1) is 12.8. The van der Waals surface area contributed by atoms with Gasteiger partial charge in [0, 0.05) is 38.5 Å². The highest BCUT2D eigenvalue weighted by Crippen LogP contribution is 2.07. The van der Waals surface area contributed by atoms with Gasteiger partial charge >= 0.3 is 5.97 Å². The van der Waals surface area contributed by atoms with Crippen molar-refractivity contribution < 1.29 is 9.90 Å². The van der Waals surface area contributed by atoms with E-state index in [4.69, 9.17) is 5.11 Å². The molecule has 0 aromatic rings. The van der Waals surface area contributed by atoms with Crippen LogP contribution in [0.25, 0.3) is 0 Å². The molecule has 5 heteroatoms. The molecule has 1 heterocycles. The van der Waals surface area contributed by atoms with Crippen LogP contribution < -0.4 is 0 Å². The van der Waals surface area contributed by atoms with Crippen molar-refractivity contribution in [2.24, 2.45) is 0 Å². The Labute approximate surface area is 95.6 Å². The highest BCUT2D eigenvalue weighted by atomic mass is 32.2. The molecule has 1 aliphatic rings. The van der Waals surface area contributed by atoms with Crippen LogP contribution in [0.15, 0.2) is 0 Å². The highest BCUT2D eigenvalue weighted by molar-refractivity contribution is 7.98. The fourth-order valence-corrected chi connectivity index (χ4v) is 2.19. The Morgan fingerprint density at radius 1 is 1.40 bits per heavy atom. The molecule has 1 fully saturated rings. The Morgan fingerprint density at radius 2 is 2.00 bits per heavy atom. The predicted octanol–water partition coefficient (Wildman–Crippen LogP) is 0.440. The number of hydrogen-bond acceptors (Lipinski definition) is 4. The molecule has 88 valence electrons. The third-order valence-electron chi connectivity index (χ3n) is 2.92. The first-order chi connectivity index (χ1) is 7.15. The normalized spacial score (nSPS) is 21.5. The summed E-state index contributed by atoms with van der Waals surface area (Å²) < 4.78 is 0. The third kappa shape index (κ3) is 4.01. The maximum Gasteiger partial charge on any atom is 0.320 e. The van der Waals surface area contributed by atoms with Crippen molar-refractivity contribution in [1.82, 2.24) is 9.80 Å². The predicted molar refractivity (Wildman–Crippen MR) is 63.5 cm³/mol. The zero-order valence-electron chi connectivity index (χ0n) is 9.48. The van der Waals surface area contributed by atoms with Gasteiger partial charge in [-0.15, -0.1) is 0 Å². The van der Waals surface area contributed by atoms with E-state index in [1.807, 2.05) is 16.7 Å². The van der Waals surface area contributed by atoms with Crippen LogP contribution in [-0.2, 0) is 4.79 Å². The van der Waals surface area contributed by atoms with E-state index >= 15 is 0 Å². The number of carboxylic acid groups (broad SMARTS) is 1. The number of carbonyl (C=O) groups is 1. The second-order valence-corrected chi connectivity index (χ2v) is 4.87. The van der Waals surface area contributed by atoms with Gasteiger partial charge < -0.3 is 5.11 Å². The fourth-order valence-electron chi connectivity index (χ4n) is 1.75. The SMILES string of the molecule is CSCCN1CCN(C(C)C(=O)O)CC1. The van der Waals surface area contributed by atoms with Crippen LogP contribution in [0.3, 0.4) is 0 Å². The summed E-state index contributed by atoms with van der Waals surface area (Å²) in [7, 11) is 0. The van der Waals surface area contributed by atoms with E-state index in [0.29, 0.717) is 0 Å². The van der Waals surface area contributed by atoms with Crippen molar-refractivity contribution in [1.29, 1.82) is 0 Å². The van der Waals surface area contributed by atoms with E-state index in [0.717, 1.165) is 38.5 Å². The molecule has 1 atom stereocenters. The quantitative estimate of drug-likeness (QED) is 0.745. The molecule has 4 nitrogen and oxygen atoms in total. The molecule has 15 heavy (non-hydrogen) atoms. The van der Waals surface area contributed by atoms with Gasteiger partial charge in [-0.25, -0.2) is 0 Å². The molecule has 1 N–H and O–H groups in total. The van der Waals surface area contributed by atoms with Gasteiger partial charge in [-0.05, 0) is 13.2 Å². The summed E-state index contributed by atoms with van der Waals surface area (Å²) >= 11 is 1.86. The lowest BCUT2D eigenvalue weighted by atomic mass is 10.2. The average Bonchev–Trinajstić information content (AvgIpc) is 2.26. The molecular formula is C10H20N2O2S. The van der Waals surface area contributed by atoms with E-state index in [2.05, 4.69) is 11.2 Å². The minimum atomic E-state index is -0.715. The highest BCUT2D eigenvalue weighted by Gasteiger charge is 2.24. The van der Waals surface area contributed by atoms with Crippen molar-refractivity contribution in [3.05, 3.63) is 0 Å². The molecule has 1 aliphatic heterocycles. The van der Waals surface area contributed by atoms with Crippen LogP contribution in [0, 0.1) is 0 Å². The summed E-state index contributed by atoms with van der Waals surface area (Å²) in [5.41, 5.74) is 0. The number of carboxylic acids is 1. The van der Waals surface area contributed by atoms with Crippen molar-refractivity contribution >= 4 is 17.7 Å². The van der Waals surface area contributed by atoms with Gasteiger partial charge in [0.05, 0.1) is 0 Å². The van der Waals surface area contributed by atoms with Crippen LogP contribution in [0.5, 0.6) is 0 Å². The molecule has 0 spiro atoms. The smallest absolute Gasteiger partial charge is 0.320 e. The monoisotopic (exact) mass is 232 g/mol. The molecule has 0 saturated carbocycles. The number of thioether (sulfide) groups is 1. The van der Waals surface area contributed by atoms with Gasteiger partial charge in [0.15, 0.2) is 0 Å². The fraction of sp³-hybridized carbons (Fsp3) is 0.900. The second-order valence-electron chi connectivity index (χ2n) is 3.88. The van der Waals surface area contributed by atoms with Crippen molar-refractivity contribution in [2.75, 3.05) is 44.7 Å². The zero-order chi connectivity index (χ0) is 11.3. The summed E-state index contributed by atoms with van der Waals surface area (Å²) in [6.45, 7) is 6.64. The molecule has 1 saturated heterocycles. The van der Waals surface area contributed by atoms with Gasteiger partial charge in [-0.2, -0.15) is 11.8 Å². The summed E-state index contributed by atoms with van der Waals surface area (Å²) in [5, 5.41) is 8.88. The lowest BCUT2D eigenvalue weighted by Crippen LogP contribution is -2.52. The maximum atomic E-state index is 10.8. The number of hydrogen-bond donors (Lipinski definition) is 1. The number of nitrogens with zero attached hydrogens (tertiary/aromatic N) is 2. The van der Waals surface area contributed by atoms with Crippen molar-refractivity contribution in [3.63, 3.8) is 0 Å². The molecular weight excluding hydrogens is 212 g/mol. The summed E-state index contributed by atoms with van der Waals surface area (Å²) in [4.78, 5) is 15.2. The Hall–Kier alpha value is -0.260. The van der Waals surface area contributed by atoms with Gasteiger partial charge in [0.25, 0.3) is 0 Å². The van der Waals surface area contributed by atoms with E-state index in [1.54, 1.807) is 6.92 Å². The second kappa shape index (κ2) is 6.35. The van der Waals surface area contributed by atoms with E-state index in [1.165, 1.54) is 0 Å². The van der Waals surface area contributed by atoms with Gasteiger partial charge in [-0.1, -0.05) is 0 Å². The van der Waals surface area contributed by atoms with E-state index in [-0.39, 0.29) is 6.04 Å². The Bertz CT molecular complexity index is 206. The van der Waals surface area contributed by atoms with Gasteiger partial charge in [-0.3, -0.25) is 14.6 Å². The first-order valence-corrected chi connectivity index (χ1v) is 6.72. The van der Waals surface area contributed by atoms with E-state index in [9.17, 15) is 4.79 Å². The number of piperazine rings is 1. The van der Waals surface area contributed by atoms with Gasteiger partial charge in [0.1, 0.15) is 6.04 Å². The van der Waals surface area contributed by atoms with Crippen LogP contribution in [0.1, 0.15) is 6.92 Å². The molecule has 0 aromatic heterocycles. The minimum Gasteiger partial charge on any atom is -0.480 e. The molecule has 0 bridgehead atoms. The molecule has 0 aromatic carbocycles. The van der Waals surface area contributed by atoms with Gasteiger partial charge in [0.2, 0.25) is 0 Å². The van der Waals surface area contributed by atoms with Crippen molar-refractivity contribution in [2.45, 2.75) is 13.0 Å². The first-order valence-electron chi connectivity index (χ1n) is 5.33. The van der Waals surface area contributed by atoms with Crippen molar-refractivity contribution in [3.8, 4) is 0 Å². The molecule has 0 amide bonds. The molecule has 0 radical (unpaired) electrons. The molecule has 1 unspecified atom stereocenters. The van der Waals surface area contributed by atoms with E-state index < -0.39 is 5.97 Å². The maximum absolute atomic E-state index is 10.8. The molecule has 0 aliphatic carbocycles. The summed E-state index contributed by atoms with van der Waals surface area (Å²) in [5.74, 6) is 0.446. The Morgan fingerprint density at radius 3 is 2.47 bits per heavy atom. The molecule has 1 rings (SSSR count). The average molecular weight is 232 g/mol. The van der Waals surface area contributed by atoms with Crippen LogP contribution in [0.2, 0.25) is 0 Å². The van der Waals surface area contributed by atoms with Crippen LogP contribution >= 0.6 is 11.8 Å². The third-order valence-corrected chi connectivity index (χ3v) is 3.51. The zero-order valence-corrected chi connectivity index (χ0v) is 10.3. The largest absolute Gasteiger partial charge is 0.480 e. The number of rotatable bonds is 5. The topological polar surface area (TPSA) is 43.8 Å².